The fourth-order valence-corrected chi connectivity index (χ4v) is 5.46. The predicted molar refractivity (Wildman–Crippen MR) is 87.6 cm³/mol. The molecular formula is C16H28ClN3O2. The molecule has 4 saturated carbocycles. The van der Waals surface area contributed by atoms with Gasteiger partial charge in [0.15, 0.2) is 0 Å². The topological polar surface area (TPSA) is 75.4 Å². The molecular weight excluding hydrogens is 302 g/mol. The van der Waals surface area contributed by atoms with Gasteiger partial charge in [-0.15, -0.1) is 12.4 Å². The monoisotopic (exact) mass is 329 g/mol. The second-order valence-corrected chi connectivity index (χ2v) is 7.65. The molecule has 0 aliphatic heterocycles. The lowest BCUT2D eigenvalue weighted by Crippen LogP contribution is -2.52. The number of hydrogen-bond donors (Lipinski definition) is 2. The highest BCUT2D eigenvalue weighted by Gasteiger charge is 2.51. The number of rotatable bonds is 5. The first kappa shape index (κ1) is 17.5. The van der Waals surface area contributed by atoms with Crippen molar-refractivity contribution in [1.29, 1.82) is 0 Å². The van der Waals surface area contributed by atoms with E-state index in [0.29, 0.717) is 5.41 Å². The summed E-state index contributed by atoms with van der Waals surface area (Å²) in [5.41, 5.74) is 5.59. The van der Waals surface area contributed by atoms with Gasteiger partial charge in [0, 0.05) is 13.6 Å². The standard InChI is InChI=1S/C16H27N3O2.ClH/c1-19(15(21)9-18-14(20)8-17)10-16-5-11-2-12(6-16)4-13(3-11)7-16;/h11-13H,2-10,17H2,1H3,(H,18,20);1H. The van der Waals surface area contributed by atoms with Crippen LogP contribution < -0.4 is 11.1 Å². The number of amides is 2. The lowest BCUT2D eigenvalue weighted by molar-refractivity contribution is -0.136. The number of likely N-dealkylation sites (N-methyl/N-ethyl adjacent to an activating group) is 1. The smallest absolute Gasteiger partial charge is 0.241 e. The first-order valence-corrected chi connectivity index (χ1v) is 8.20. The molecule has 0 aromatic carbocycles. The van der Waals surface area contributed by atoms with Crippen molar-refractivity contribution in [3.63, 3.8) is 0 Å². The highest BCUT2D eigenvalue weighted by atomic mass is 35.5. The maximum absolute atomic E-state index is 12.2. The maximum atomic E-state index is 12.2. The van der Waals surface area contributed by atoms with E-state index in [4.69, 9.17) is 5.73 Å². The van der Waals surface area contributed by atoms with Gasteiger partial charge in [0.05, 0.1) is 13.1 Å². The third-order valence-electron chi connectivity index (χ3n) is 5.79. The van der Waals surface area contributed by atoms with Gasteiger partial charge in [-0.1, -0.05) is 0 Å². The predicted octanol–water partition coefficient (Wildman–Crippen LogP) is 1.16. The van der Waals surface area contributed by atoms with Crippen LogP contribution in [0.15, 0.2) is 0 Å². The summed E-state index contributed by atoms with van der Waals surface area (Å²) in [7, 11) is 1.87. The Morgan fingerprint density at radius 2 is 1.64 bits per heavy atom. The first-order valence-electron chi connectivity index (χ1n) is 8.20. The summed E-state index contributed by atoms with van der Waals surface area (Å²) >= 11 is 0. The van der Waals surface area contributed by atoms with E-state index in [1.54, 1.807) is 0 Å². The molecule has 0 radical (unpaired) electrons. The minimum atomic E-state index is -0.272. The van der Waals surface area contributed by atoms with Gasteiger partial charge in [-0.25, -0.2) is 0 Å². The van der Waals surface area contributed by atoms with E-state index in [9.17, 15) is 9.59 Å². The van der Waals surface area contributed by atoms with Gasteiger partial charge in [0.2, 0.25) is 11.8 Å². The van der Waals surface area contributed by atoms with Gasteiger partial charge >= 0.3 is 0 Å². The molecule has 4 aliphatic rings. The lowest BCUT2D eigenvalue weighted by Gasteiger charge is -2.57. The van der Waals surface area contributed by atoms with E-state index in [0.717, 1.165) is 24.3 Å². The molecule has 0 aromatic rings. The molecule has 0 aromatic heterocycles. The van der Waals surface area contributed by atoms with Gasteiger partial charge in [-0.2, -0.15) is 0 Å². The number of nitrogens with two attached hydrogens (primary N) is 1. The average molecular weight is 330 g/mol. The SMILES string of the molecule is CN(CC12CC3CC(CC(C3)C1)C2)C(=O)CNC(=O)CN.Cl. The molecule has 4 bridgehead atoms. The van der Waals surface area contributed by atoms with Crippen LogP contribution in [0.25, 0.3) is 0 Å². The van der Waals surface area contributed by atoms with Crippen molar-refractivity contribution in [3.05, 3.63) is 0 Å². The number of halogens is 1. The van der Waals surface area contributed by atoms with Crippen LogP contribution in [0.4, 0.5) is 0 Å². The number of carbonyl (C=O) groups is 2. The molecule has 0 heterocycles. The number of carbonyl (C=O) groups excluding carboxylic acids is 2. The van der Waals surface area contributed by atoms with Crippen LogP contribution in [0.3, 0.4) is 0 Å². The van der Waals surface area contributed by atoms with Crippen molar-refractivity contribution >= 4 is 24.2 Å². The molecule has 4 aliphatic carbocycles. The molecule has 0 atom stereocenters. The molecule has 126 valence electrons. The summed E-state index contributed by atoms with van der Waals surface area (Å²) < 4.78 is 0. The van der Waals surface area contributed by atoms with Gasteiger partial charge < -0.3 is 16.0 Å². The Bertz CT molecular complexity index is 406. The van der Waals surface area contributed by atoms with Crippen LogP contribution in [-0.4, -0.2) is 43.4 Å². The van der Waals surface area contributed by atoms with Crippen LogP contribution >= 0.6 is 12.4 Å². The number of nitrogens with one attached hydrogen (secondary N) is 1. The Balaban J connectivity index is 0.00000176. The van der Waals surface area contributed by atoms with Crippen LogP contribution in [0.2, 0.25) is 0 Å². The van der Waals surface area contributed by atoms with Crippen molar-refractivity contribution in [2.75, 3.05) is 26.7 Å². The summed E-state index contributed by atoms with van der Waals surface area (Å²) in [5, 5.41) is 2.57. The van der Waals surface area contributed by atoms with E-state index in [-0.39, 0.29) is 37.3 Å². The molecule has 6 heteroatoms. The van der Waals surface area contributed by atoms with E-state index < -0.39 is 0 Å². The van der Waals surface area contributed by atoms with E-state index in [1.807, 2.05) is 11.9 Å². The number of hydrogen-bond acceptors (Lipinski definition) is 3. The lowest BCUT2D eigenvalue weighted by atomic mass is 9.49. The first-order chi connectivity index (χ1) is 9.99. The Morgan fingerprint density at radius 3 is 2.09 bits per heavy atom. The minimum absolute atomic E-state index is 0. The summed E-state index contributed by atoms with van der Waals surface area (Å²) in [6.45, 7) is 0.860. The van der Waals surface area contributed by atoms with E-state index >= 15 is 0 Å². The highest BCUT2D eigenvalue weighted by Crippen LogP contribution is 2.60. The zero-order valence-electron chi connectivity index (χ0n) is 13.3. The molecule has 4 rings (SSSR count). The van der Waals surface area contributed by atoms with Crippen molar-refractivity contribution < 1.29 is 9.59 Å². The normalized spacial score (nSPS) is 34.9. The Labute approximate surface area is 138 Å². The van der Waals surface area contributed by atoms with Crippen LogP contribution in [0, 0.1) is 23.2 Å². The van der Waals surface area contributed by atoms with Gasteiger partial charge in [-0.3, -0.25) is 9.59 Å². The third kappa shape index (κ3) is 3.57. The minimum Gasteiger partial charge on any atom is -0.346 e. The Kier molecular flexibility index (Phi) is 5.38. The molecule has 0 unspecified atom stereocenters. The quantitative estimate of drug-likeness (QED) is 0.794. The molecule has 22 heavy (non-hydrogen) atoms. The Morgan fingerprint density at radius 1 is 1.14 bits per heavy atom. The van der Waals surface area contributed by atoms with Crippen LogP contribution in [0.1, 0.15) is 38.5 Å². The molecule has 5 nitrogen and oxygen atoms in total. The summed E-state index contributed by atoms with van der Waals surface area (Å²) in [5.74, 6) is 2.42. The van der Waals surface area contributed by atoms with E-state index in [2.05, 4.69) is 5.32 Å². The van der Waals surface area contributed by atoms with Gasteiger partial charge in [0.25, 0.3) is 0 Å². The average Bonchev–Trinajstić information content (AvgIpc) is 2.42. The van der Waals surface area contributed by atoms with Gasteiger partial charge in [-0.05, 0) is 61.7 Å². The van der Waals surface area contributed by atoms with Crippen molar-refractivity contribution in [3.8, 4) is 0 Å². The second-order valence-electron chi connectivity index (χ2n) is 7.65. The fourth-order valence-electron chi connectivity index (χ4n) is 5.46. The zero-order chi connectivity index (χ0) is 15.0. The Hall–Kier alpha value is -0.810. The molecule has 0 saturated heterocycles. The highest BCUT2D eigenvalue weighted by molar-refractivity contribution is 5.85. The maximum Gasteiger partial charge on any atom is 0.241 e. The summed E-state index contributed by atoms with van der Waals surface area (Å²) in [6.07, 6.45) is 8.15. The third-order valence-corrected chi connectivity index (χ3v) is 5.79. The van der Waals surface area contributed by atoms with Crippen molar-refractivity contribution in [1.82, 2.24) is 10.2 Å². The zero-order valence-corrected chi connectivity index (χ0v) is 14.2. The molecule has 3 N–H and O–H groups in total. The largest absolute Gasteiger partial charge is 0.346 e. The molecule has 0 spiro atoms. The van der Waals surface area contributed by atoms with Crippen molar-refractivity contribution in [2.24, 2.45) is 28.9 Å². The summed E-state index contributed by atoms with van der Waals surface area (Å²) in [4.78, 5) is 25.1. The van der Waals surface area contributed by atoms with Crippen molar-refractivity contribution in [2.45, 2.75) is 38.5 Å². The second kappa shape index (κ2) is 6.75. The van der Waals surface area contributed by atoms with Crippen LogP contribution in [-0.2, 0) is 9.59 Å². The van der Waals surface area contributed by atoms with E-state index in [1.165, 1.54) is 38.5 Å². The summed E-state index contributed by atoms with van der Waals surface area (Å²) in [6, 6.07) is 0. The molecule has 4 fully saturated rings. The number of nitrogens with zero attached hydrogens (tertiary/aromatic N) is 1. The fraction of sp³-hybridized carbons (Fsp3) is 0.875. The molecule has 2 amide bonds. The van der Waals surface area contributed by atoms with Gasteiger partial charge in [0.1, 0.15) is 0 Å². The van der Waals surface area contributed by atoms with Crippen LogP contribution in [0.5, 0.6) is 0 Å².